The molecule has 0 bridgehead atoms. The van der Waals surface area contributed by atoms with E-state index in [2.05, 4.69) is 14.7 Å². The summed E-state index contributed by atoms with van der Waals surface area (Å²) in [7, 11) is -1.36. The largest absolute Gasteiger partial charge is 0.360 e. The highest BCUT2D eigenvalue weighted by Crippen LogP contribution is 2.24. The molecule has 106 valence electrons. The molecule has 0 aliphatic rings. The Balaban J connectivity index is 1.72. The van der Waals surface area contributed by atoms with E-state index in [-0.39, 0.29) is 0 Å². The Morgan fingerprint density at radius 3 is 3.24 bits per heavy atom. The van der Waals surface area contributed by atoms with E-state index >= 15 is 0 Å². The van der Waals surface area contributed by atoms with Crippen molar-refractivity contribution in [3.8, 4) is 0 Å². The molecule has 7 heteroatoms. The number of nitrogens with zero attached hydrogens (tertiary/aromatic N) is 2. The highest BCUT2D eigenvalue weighted by atomic mass is 32.2. The number of anilines is 1. The van der Waals surface area contributed by atoms with Gasteiger partial charge in [0.1, 0.15) is 4.83 Å². The summed E-state index contributed by atoms with van der Waals surface area (Å²) in [4.78, 5) is 9.17. The number of rotatable bonds is 3. The molecular formula is C14H12N4OS2. The van der Waals surface area contributed by atoms with Crippen LogP contribution < -0.4 is 4.72 Å². The van der Waals surface area contributed by atoms with Gasteiger partial charge in [-0.25, -0.2) is 9.19 Å². The summed E-state index contributed by atoms with van der Waals surface area (Å²) in [5, 5.41) is 2.93. The standard InChI is InChI=1S/C14H12N4OS2/c1-9-2-3-10-11(6-9)15-7-12(10)21(19)17-14-16-8-13-18(14)4-5-20-13/h2-8,15H,1H3,(H,16,17). The Morgan fingerprint density at radius 2 is 2.33 bits per heavy atom. The lowest BCUT2D eigenvalue weighted by molar-refractivity contribution is 0.686. The molecule has 0 radical (unpaired) electrons. The lowest BCUT2D eigenvalue weighted by atomic mass is 10.2. The predicted octanol–water partition coefficient (Wildman–Crippen LogP) is 3.32. The lowest BCUT2D eigenvalue weighted by Crippen LogP contribution is -2.06. The smallest absolute Gasteiger partial charge is 0.220 e. The zero-order chi connectivity index (χ0) is 14.4. The minimum absolute atomic E-state index is 0.589. The van der Waals surface area contributed by atoms with E-state index in [0.717, 1.165) is 20.6 Å². The number of hydrogen-bond donors (Lipinski definition) is 2. The number of aryl methyl sites for hydroxylation is 1. The normalized spacial score (nSPS) is 13.0. The molecule has 1 unspecified atom stereocenters. The second kappa shape index (κ2) is 4.71. The maximum Gasteiger partial charge on any atom is 0.220 e. The minimum atomic E-state index is -1.36. The molecule has 1 aromatic carbocycles. The van der Waals surface area contributed by atoms with E-state index in [1.165, 1.54) is 5.56 Å². The first-order valence-electron chi connectivity index (χ1n) is 6.39. The third kappa shape index (κ3) is 2.05. The van der Waals surface area contributed by atoms with Gasteiger partial charge in [0, 0.05) is 28.7 Å². The van der Waals surface area contributed by atoms with Crippen molar-refractivity contribution in [1.82, 2.24) is 14.4 Å². The van der Waals surface area contributed by atoms with Gasteiger partial charge in [0.05, 0.1) is 11.1 Å². The van der Waals surface area contributed by atoms with Crippen molar-refractivity contribution in [2.75, 3.05) is 4.72 Å². The van der Waals surface area contributed by atoms with Gasteiger partial charge in [0.25, 0.3) is 0 Å². The quantitative estimate of drug-likeness (QED) is 0.609. The number of fused-ring (bicyclic) bond motifs is 2. The molecule has 0 aliphatic carbocycles. The summed E-state index contributed by atoms with van der Waals surface area (Å²) in [6.07, 6.45) is 5.46. The number of aromatic amines is 1. The zero-order valence-electron chi connectivity index (χ0n) is 11.2. The predicted molar refractivity (Wildman–Crippen MR) is 86.1 cm³/mol. The zero-order valence-corrected chi connectivity index (χ0v) is 12.8. The van der Waals surface area contributed by atoms with Gasteiger partial charge < -0.3 is 4.98 Å². The number of thiazole rings is 1. The molecule has 0 saturated heterocycles. The van der Waals surface area contributed by atoms with Crippen LogP contribution in [0, 0.1) is 6.92 Å². The van der Waals surface area contributed by atoms with Crippen molar-refractivity contribution in [2.45, 2.75) is 11.8 Å². The van der Waals surface area contributed by atoms with Crippen molar-refractivity contribution in [2.24, 2.45) is 0 Å². The van der Waals surface area contributed by atoms with Gasteiger partial charge in [-0.3, -0.25) is 9.12 Å². The minimum Gasteiger partial charge on any atom is -0.360 e. The first kappa shape index (κ1) is 12.6. The molecule has 3 aromatic heterocycles. The van der Waals surface area contributed by atoms with Crippen LogP contribution in [-0.2, 0) is 11.0 Å². The van der Waals surface area contributed by atoms with Crippen molar-refractivity contribution < 1.29 is 4.21 Å². The van der Waals surface area contributed by atoms with Crippen LogP contribution >= 0.6 is 11.3 Å². The fourth-order valence-corrected chi connectivity index (χ4v) is 3.98. The summed E-state index contributed by atoms with van der Waals surface area (Å²) in [5.41, 5.74) is 2.16. The van der Waals surface area contributed by atoms with Crippen LogP contribution in [0.15, 0.2) is 47.1 Å². The third-order valence-electron chi connectivity index (χ3n) is 3.34. The van der Waals surface area contributed by atoms with Crippen LogP contribution in [0.3, 0.4) is 0 Å². The molecule has 2 N–H and O–H groups in total. The molecule has 4 rings (SSSR count). The van der Waals surface area contributed by atoms with E-state index in [0.29, 0.717) is 5.95 Å². The lowest BCUT2D eigenvalue weighted by Gasteiger charge is -2.03. The van der Waals surface area contributed by atoms with E-state index in [1.54, 1.807) is 23.7 Å². The molecule has 0 saturated carbocycles. The highest BCUT2D eigenvalue weighted by Gasteiger charge is 2.13. The van der Waals surface area contributed by atoms with Crippen molar-refractivity contribution in [1.29, 1.82) is 0 Å². The van der Waals surface area contributed by atoms with E-state index in [4.69, 9.17) is 0 Å². The SMILES string of the molecule is Cc1ccc2c(S(=O)Nc3ncc4sccn34)c[nH]c2c1. The molecule has 0 aliphatic heterocycles. The molecule has 0 amide bonds. The van der Waals surface area contributed by atoms with Gasteiger partial charge in [-0.05, 0) is 18.6 Å². The fraction of sp³-hybridized carbons (Fsp3) is 0.0714. The number of aromatic nitrogens is 3. The summed E-state index contributed by atoms with van der Waals surface area (Å²) < 4.78 is 17.4. The van der Waals surface area contributed by atoms with Crippen LogP contribution in [0.1, 0.15) is 5.56 Å². The molecule has 4 aromatic rings. The molecule has 21 heavy (non-hydrogen) atoms. The Hall–Kier alpha value is -2.12. The number of benzene rings is 1. The molecule has 0 fully saturated rings. The topological polar surface area (TPSA) is 62.2 Å². The van der Waals surface area contributed by atoms with Gasteiger partial charge in [-0.2, -0.15) is 0 Å². The maximum absolute atomic E-state index is 12.6. The summed E-state index contributed by atoms with van der Waals surface area (Å²) in [6, 6.07) is 6.05. The van der Waals surface area contributed by atoms with E-state index in [9.17, 15) is 4.21 Å². The molecule has 3 heterocycles. The van der Waals surface area contributed by atoms with Gasteiger partial charge >= 0.3 is 0 Å². The molecule has 0 spiro atoms. The summed E-state index contributed by atoms with van der Waals surface area (Å²) in [5.74, 6) is 0.589. The van der Waals surface area contributed by atoms with Gasteiger partial charge in [0.2, 0.25) is 5.95 Å². The van der Waals surface area contributed by atoms with Crippen LogP contribution in [0.25, 0.3) is 15.7 Å². The Bertz CT molecular complexity index is 966. The average molecular weight is 316 g/mol. The van der Waals surface area contributed by atoms with Crippen LogP contribution in [0.5, 0.6) is 0 Å². The fourth-order valence-electron chi connectivity index (χ4n) is 2.32. The van der Waals surface area contributed by atoms with Crippen molar-refractivity contribution in [3.63, 3.8) is 0 Å². The average Bonchev–Trinajstić information content (AvgIpc) is 3.14. The van der Waals surface area contributed by atoms with Crippen LogP contribution in [-0.4, -0.2) is 18.6 Å². The number of H-pyrrole nitrogens is 1. The Labute approximate surface area is 127 Å². The molecule has 5 nitrogen and oxygen atoms in total. The Morgan fingerprint density at radius 1 is 1.43 bits per heavy atom. The van der Waals surface area contributed by atoms with Crippen molar-refractivity contribution >= 4 is 44.0 Å². The monoisotopic (exact) mass is 316 g/mol. The number of hydrogen-bond acceptors (Lipinski definition) is 3. The number of nitrogens with one attached hydrogen (secondary N) is 2. The van der Waals surface area contributed by atoms with Gasteiger partial charge in [-0.1, -0.05) is 12.1 Å². The van der Waals surface area contributed by atoms with Gasteiger partial charge in [0.15, 0.2) is 11.0 Å². The second-order valence-corrected chi connectivity index (χ2v) is 6.87. The second-order valence-electron chi connectivity index (χ2n) is 4.77. The highest BCUT2D eigenvalue weighted by molar-refractivity contribution is 7.86. The van der Waals surface area contributed by atoms with Gasteiger partial charge in [-0.15, -0.1) is 11.3 Å². The van der Waals surface area contributed by atoms with E-state index < -0.39 is 11.0 Å². The van der Waals surface area contributed by atoms with Crippen LogP contribution in [0.4, 0.5) is 5.95 Å². The van der Waals surface area contributed by atoms with Crippen LogP contribution in [0.2, 0.25) is 0 Å². The first-order chi connectivity index (χ1) is 10.2. The Kier molecular flexibility index (Phi) is 2.83. The summed E-state index contributed by atoms with van der Waals surface area (Å²) in [6.45, 7) is 2.03. The maximum atomic E-state index is 12.6. The molecular weight excluding hydrogens is 304 g/mol. The van der Waals surface area contributed by atoms with Crippen molar-refractivity contribution in [3.05, 3.63) is 47.7 Å². The molecule has 1 atom stereocenters. The third-order valence-corrected chi connectivity index (χ3v) is 5.25. The number of imidazole rings is 1. The summed E-state index contributed by atoms with van der Waals surface area (Å²) >= 11 is 1.59. The van der Waals surface area contributed by atoms with E-state index in [1.807, 2.05) is 41.1 Å². The first-order valence-corrected chi connectivity index (χ1v) is 8.42.